The van der Waals surface area contributed by atoms with Crippen LogP contribution in [0, 0.1) is 5.82 Å². The fourth-order valence-corrected chi connectivity index (χ4v) is 4.46. The van der Waals surface area contributed by atoms with Gasteiger partial charge in [0, 0.05) is 61.6 Å². The number of nitrogens with one attached hydrogen (secondary N) is 3. The van der Waals surface area contributed by atoms with Crippen molar-refractivity contribution >= 4 is 22.3 Å². The highest BCUT2D eigenvalue weighted by Crippen LogP contribution is 2.29. The number of fused-ring (bicyclic) bond motifs is 1. The summed E-state index contributed by atoms with van der Waals surface area (Å²) in [6, 6.07) is 8.83. The number of rotatable bonds is 13. The van der Waals surface area contributed by atoms with E-state index < -0.39 is 0 Å². The second kappa shape index (κ2) is 13.8. The summed E-state index contributed by atoms with van der Waals surface area (Å²) >= 11 is 0. The standard InChI is InChI=1S/C32H39FN8/c1-6-28(34)23(12-21(3)25-13-22(18-35-7-2)19-36-20-25)16-30-39-29-8-9-38-31(32(29)40-30)24-14-26(33)17-27(15-24)37-10-11-41(4)5/h6,8-9,12-15,17,19-20,35,37H,3,7,10-11,16,18,34H2,1-2,4-5H3,(H,39,40)/b23-12-,28-6+. The molecule has 0 spiro atoms. The van der Waals surface area contributed by atoms with Crippen LogP contribution >= 0.6 is 0 Å². The van der Waals surface area contributed by atoms with Gasteiger partial charge in [0.1, 0.15) is 17.2 Å². The third-order valence-corrected chi connectivity index (χ3v) is 6.64. The number of H-pyrrole nitrogens is 1. The molecule has 5 N–H and O–H groups in total. The Hall–Kier alpha value is -4.34. The summed E-state index contributed by atoms with van der Waals surface area (Å²) in [5, 5.41) is 6.61. The molecule has 0 saturated heterocycles. The van der Waals surface area contributed by atoms with Gasteiger partial charge in [0.05, 0.1) is 11.2 Å². The third-order valence-electron chi connectivity index (χ3n) is 6.64. The Morgan fingerprint density at radius 1 is 1.20 bits per heavy atom. The van der Waals surface area contributed by atoms with Gasteiger partial charge in [0.15, 0.2) is 0 Å². The van der Waals surface area contributed by atoms with E-state index in [2.05, 4.69) is 50.1 Å². The summed E-state index contributed by atoms with van der Waals surface area (Å²) < 4.78 is 14.6. The van der Waals surface area contributed by atoms with Crippen molar-refractivity contribution in [2.45, 2.75) is 26.8 Å². The number of likely N-dealkylation sites (N-methyl/N-ethyl adjacent to an activating group) is 1. The molecule has 0 aliphatic heterocycles. The lowest BCUT2D eigenvalue weighted by molar-refractivity contribution is 0.425. The predicted molar refractivity (Wildman–Crippen MR) is 167 cm³/mol. The first-order valence-corrected chi connectivity index (χ1v) is 13.8. The largest absolute Gasteiger partial charge is 0.399 e. The van der Waals surface area contributed by atoms with Gasteiger partial charge in [0.2, 0.25) is 0 Å². The van der Waals surface area contributed by atoms with E-state index in [0.29, 0.717) is 41.1 Å². The minimum atomic E-state index is -0.335. The van der Waals surface area contributed by atoms with Crippen LogP contribution in [0.4, 0.5) is 10.1 Å². The monoisotopic (exact) mass is 554 g/mol. The second-order valence-corrected chi connectivity index (χ2v) is 10.2. The Morgan fingerprint density at radius 3 is 2.78 bits per heavy atom. The number of aromatic nitrogens is 4. The Labute approximate surface area is 241 Å². The number of aromatic amines is 1. The van der Waals surface area contributed by atoms with Crippen molar-refractivity contribution in [2.75, 3.05) is 39.0 Å². The summed E-state index contributed by atoms with van der Waals surface area (Å²) in [5.41, 5.74) is 14.2. The number of benzene rings is 1. The number of imidazole rings is 1. The Morgan fingerprint density at radius 2 is 2.02 bits per heavy atom. The normalized spacial score (nSPS) is 12.3. The van der Waals surface area contributed by atoms with E-state index in [1.54, 1.807) is 12.4 Å². The molecule has 3 aromatic heterocycles. The molecule has 3 heterocycles. The van der Waals surface area contributed by atoms with Gasteiger partial charge < -0.3 is 26.3 Å². The zero-order valence-electron chi connectivity index (χ0n) is 24.3. The van der Waals surface area contributed by atoms with Crippen LogP contribution in [-0.4, -0.2) is 58.6 Å². The van der Waals surface area contributed by atoms with Crippen molar-refractivity contribution in [1.82, 2.24) is 30.2 Å². The van der Waals surface area contributed by atoms with E-state index in [1.165, 1.54) is 12.1 Å². The van der Waals surface area contributed by atoms with E-state index in [0.717, 1.165) is 53.2 Å². The number of anilines is 1. The van der Waals surface area contributed by atoms with Crippen molar-refractivity contribution in [3.63, 3.8) is 0 Å². The van der Waals surface area contributed by atoms with Crippen LogP contribution in [0.3, 0.4) is 0 Å². The highest BCUT2D eigenvalue weighted by atomic mass is 19.1. The third kappa shape index (κ3) is 7.87. The van der Waals surface area contributed by atoms with Gasteiger partial charge in [-0.05, 0) is 86.2 Å². The van der Waals surface area contributed by atoms with Crippen molar-refractivity contribution in [3.05, 3.63) is 102 Å². The molecule has 0 aliphatic rings. The summed E-state index contributed by atoms with van der Waals surface area (Å²) in [6.45, 7) is 11.4. The maximum absolute atomic E-state index is 14.6. The Bertz CT molecular complexity index is 1570. The lowest BCUT2D eigenvalue weighted by atomic mass is 10.0. The molecule has 9 heteroatoms. The molecule has 0 saturated carbocycles. The number of hydrogen-bond donors (Lipinski definition) is 4. The van der Waals surface area contributed by atoms with E-state index >= 15 is 0 Å². The van der Waals surface area contributed by atoms with Crippen molar-refractivity contribution in [1.29, 1.82) is 0 Å². The maximum atomic E-state index is 14.6. The predicted octanol–water partition coefficient (Wildman–Crippen LogP) is 5.29. The average Bonchev–Trinajstić information content (AvgIpc) is 3.37. The molecule has 0 atom stereocenters. The molecule has 4 aromatic rings. The number of halogens is 1. The molecular formula is C32H39FN8. The van der Waals surface area contributed by atoms with Gasteiger partial charge in [-0.1, -0.05) is 19.6 Å². The second-order valence-electron chi connectivity index (χ2n) is 10.2. The quantitative estimate of drug-likeness (QED) is 0.166. The van der Waals surface area contributed by atoms with Crippen LogP contribution < -0.4 is 16.4 Å². The van der Waals surface area contributed by atoms with Crippen LogP contribution in [0.1, 0.15) is 30.8 Å². The summed E-state index contributed by atoms with van der Waals surface area (Å²) in [7, 11) is 4.00. The van der Waals surface area contributed by atoms with Crippen LogP contribution in [0.2, 0.25) is 0 Å². The number of pyridine rings is 2. The van der Waals surface area contributed by atoms with Crippen LogP contribution in [-0.2, 0) is 13.0 Å². The zero-order chi connectivity index (χ0) is 29.4. The van der Waals surface area contributed by atoms with Gasteiger partial charge in [-0.25, -0.2) is 9.37 Å². The van der Waals surface area contributed by atoms with Crippen molar-refractivity contribution in [2.24, 2.45) is 5.73 Å². The number of hydrogen-bond acceptors (Lipinski definition) is 7. The van der Waals surface area contributed by atoms with Gasteiger partial charge in [-0.15, -0.1) is 0 Å². The molecule has 41 heavy (non-hydrogen) atoms. The van der Waals surface area contributed by atoms with Gasteiger partial charge >= 0.3 is 0 Å². The first kappa shape index (κ1) is 29.6. The molecule has 8 nitrogen and oxygen atoms in total. The lowest BCUT2D eigenvalue weighted by Crippen LogP contribution is -2.20. The van der Waals surface area contributed by atoms with Crippen molar-refractivity contribution < 1.29 is 4.39 Å². The zero-order valence-corrected chi connectivity index (χ0v) is 24.3. The molecule has 1 aromatic carbocycles. The van der Waals surface area contributed by atoms with Crippen molar-refractivity contribution in [3.8, 4) is 11.3 Å². The molecule has 0 fully saturated rings. The minimum Gasteiger partial charge on any atom is -0.399 e. The topological polar surface area (TPSA) is 108 Å². The summed E-state index contributed by atoms with van der Waals surface area (Å²) in [6.07, 6.45) is 9.66. The molecule has 0 radical (unpaired) electrons. The van der Waals surface area contributed by atoms with E-state index in [9.17, 15) is 4.39 Å². The highest BCUT2D eigenvalue weighted by Gasteiger charge is 2.15. The highest BCUT2D eigenvalue weighted by molar-refractivity contribution is 5.90. The average molecular weight is 555 g/mol. The fraction of sp³-hybridized carbons (Fsp3) is 0.281. The molecule has 0 unspecified atom stereocenters. The number of nitrogens with two attached hydrogens (primary N) is 1. The van der Waals surface area contributed by atoms with E-state index in [4.69, 9.17) is 10.7 Å². The molecule has 214 valence electrons. The first-order chi connectivity index (χ1) is 19.8. The van der Waals surface area contributed by atoms with Gasteiger partial charge in [-0.2, -0.15) is 0 Å². The van der Waals surface area contributed by atoms with E-state index in [-0.39, 0.29) is 5.82 Å². The Kier molecular flexibility index (Phi) is 10.00. The number of nitrogens with zero attached hydrogens (tertiary/aromatic N) is 4. The van der Waals surface area contributed by atoms with Gasteiger partial charge in [-0.3, -0.25) is 9.97 Å². The fourth-order valence-electron chi connectivity index (χ4n) is 4.46. The lowest BCUT2D eigenvalue weighted by Gasteiger charge is -2.12. The minimum absolute atomic E-state index is 0.335. The Balaban J connectivity index is 1.63. The van der Waals surface area contributed by atoms with Crippen LogP contribution in [0.15, 0.2) is 78.9 Å². The van der Waals surface area contributed by atoms with E-state index in [1.807, 2.05) is 51.5 Å². The van der Waals surface area contributed by atoms with Crippen LogP contribution in [0.25, 0.3) is 27.9 Å². The van der Waals surface area contributed by atoms with Crippen LogP contribution in [0.5, 0.6) is 0 Å². The molecule has 4 rings (SSSR count). The SMILES string of the molecule is C=C(/C=C(Cc1nc2c(-c3cc(F)cc(NCCN(C)C)c3)nccc2[nH]1)\C(N)=C/C)c1cncc(CNCC)c1. The molecule has 0 amide bonds. The maximum Gasteiger partial charge on any atom is 0.125 e. The summed E-state index contributed by atoms with van der Waals surface area (Å²) in [5.74, 6) is 0.385. The summed E-state index contributed by atoms with van der Waals surface area (Å²) in [4.78, 5) is 19.3. The smallest absolute Gasteiger partial charge is 0.125 e. The molecule has 0 aliphatic carbocycles. The number of allylic oxidation sites excluding steroid dienone is 4. The first-order valence-electron chi connectivity index (χ1n) is 13.8. The molecule has 0 bridgehead atoms. The molecular weight excluding hydrogens is 515 g/mol. The van der Waals surface area contributed by atoms with Gasteiger partial charge in [0.25, 0.3) is 0 Å².